The minimum atomic E-state index is -0.619. The standard InChI is InChI=1S/C25H17BrClN3O2S/c26-17-12-10-16(11-13-17)14-22-24(32)30(18-6-2-1-3-7-18)25(33-22)19(15-28)23(31)29-21-9-5-4-8-20(21)27/h1-13,22H,14H2,(H,29,31)/b25-19-. The number of para-hydroxylation sites is 2. The summed E-state index contributed by atoms with van der Waals surface area (Å²) < 4.78 is 0.950. The van der Waals surface area contributed by atoms with Crippen molar-refractivity contribution >= 4 is 62.5 Å². The van der Waals surface area contributed by atoms with Gasteiger partial charge in [0.1, 0.15) is 16.7 Å². The second-order valence-electron chi connectivity index (χ2n) is 7.17. The molecule has 1 saturated heterocycles. The molecule has 33 heavy (non-hydrogen) atoms. The maximum absolute atomic E-state index is 13.4. The van der Waals surface area contributed by atoms with Crippen LogP contribution < -0.4 is 10.2 Å². The fourth-order valence-corrected chi connectivity index (χ4v) is 5.14. The van der Waals surface area contributed by atoms with Gasteiger partial charge >= 0.3 is 0 Å². The van der Waals surface area contributed by atoms with Crippen LogP contribution in [0.1, 0.15) is 5.56 Å². The van der Waals surface area contributed by atoms with Crippen LogP contribution in [0.5, 0.6) is 0 Å². The molecule has 1 atom stereocenters. The number of halogens is 2. The zero-order chi connectivity index (χ0) is 23.4. The van der Waals surface area contributed by atoms with Crippen molar-refractivity contribution in [1.82, 2.24) is 0 Å². The summed E-state index contributed by atoms with van der Waals surface area (Å²) in [6.07, 6.45) is 0.467. The average Bonchev–Trinajstić information content (AvgIpc) is 3.13. The summed E-state index contributed by atoms with van der Waals surface area (Å²) in [5.41, 5.74) is 1.83. The highest BCUT2D eigenvalue weighted by Crippen LogP contribution is 2.42. The van der Waals surface area contributed by atoms with Gasteiger partial charge in [0, 0.05) is 10.2 Å². The van der Waals surface area contributed by atoms with E-state index in [-0.39, 0.29) is 11.5 Å². The summed E-state index contributed by atoms with van der Waals surface area (Å²) in [7, 11) is 0. The summed E-state index contributed by atoms with van der Waals surface area (Å²) >= 11 is 10.8. The molecule has 164 valence electrons. The molecule has 0 saturated carbocycles. The van der Waals surface area contributed by atoms with Crippen LogP contribution in [0.2, 0.25) is 5.02 Å². The third-order valence-electron chi connectivity index (χ3n) is 4.98. The van der Waals surface area contributed by atoms with Gasteiger partial charge < -0.3 is 5.32 Å². The minimum absolute atomic E-state index is 0.143. The number of nitriles is 1. The van der Waals surface area contributed by atoms with Gasteiger partial charge in [0.25, 0.3) is 5.91 Å². The number of hydrogen-bond donors (Lipinski definition) is 1. The highest BCUT2D eigenvalue weighted by molar-refractivity contribution is 9.10. The summed E-state index contributed by atoms with van der Waals surface area (Å²) in [5.74, 6) is -0.798. The Morgan fingerprint density at radius 3 is 2.39 bits per heavy atom. The van der Waals surface area contributed by atoms with E-state index in [1.807, 2.05) is 48.5 Å². The Morgan fingerprint density at radius 2 is 1.73 bits per heavy atom. The van der Waals surface area contributed by atoms with Crippen LogP contribution >= 0.6 is 39.3 Å². The van der Waals surface area contributed by atoms with Crippen molar-refractivity contribution in [2.75, 3.05) is 10.2 Å². The second-order valence-corrected chi connectivity index (χ2v) is 9.69. The van der Waals surface area contributed by atoms with Crippen molar-refractivity contribution in [2.45, 2.75) is 11.7 Å². The van der Waals surface area contributed by atoms with E-state index >= 15 is 0 Å². The van der Waals surface area contributed by atoms with Crippen LogP contribution in [-0.4, -0.2) is 17.1 Å². The first-order chi connectivity index (χ1) is 16.0. The lowest BCUT2D eigenvalue weighted by atomic mass is 10.1. The average molecular weight is 539 g/mol. The van der Waals surface area contributed by atoms with Gasteiger partial charge in [-0.25, -0.2) is 0 Å². The number of hydrogen-bond acceptors (Lipinski definition) is 4. The van der Waals surface area contributed by atoms with Gasteiger partial charge in [0.15, 0.2) is 0 Å². The van der Waals surface area contributed by atoms with Crippen LogP contribution in [-0.2, 0) is 16.0 Å². The van der Waals surface area contributed by atoms with E-state index in [1.165, 1.54) is 16.7 Å². The van der Waals surface area contributed by atoms with Crippen molar-refractivity contribution in [3.05, 3.63) is 105 Å². The maximum atomic E-state index is 13.4. The molecule has 0 aromatic heterocycles. The molecule has 8 heteroatoms. The van der Waals surface area contributed by atoms with Crippen LogP contribution in [0.25, 0.3) is 0 Å². The Balaban J connectivity index is 1.72. The topological polar surface area (TPSA) is 73.2 Å². The molecular weight excluding hydrogens is 522 g/mol. The SMILES string of the molecule is N#C/C(C(=O)Nc1ccccc1Cl)=C1/SC(Cc2ccc(Br)cc2)C(=O)N1c1ccccc1. The molecule has 1 aliphatic rings. The van der Waals surface area contributed by atoms with E-state index in [0.29, 0.717) is 27.8 Å². The molecule has 1 unspecified atom stereocenters. The lowest BCUT2D eigenvalue weighted by Gasteiger charge is -2.18. The van der Waals surface area contributed by atoms with Crippen LogP contribution in [0, 0.1) is 11.3 Å². The molecule has 2 amide bonds. The van der Waals surface area contributed by atoms with E-state index in [2.05, 4.69) is 21.2 Å². The summed E-state index contributed by atoms with van der Waals surface area (Å²) in [5, 5.41) is 12.8. The number of thioether (sulfide) groups is 1. The number of nitrogens with one attached hydrogen (secondary N) is 1. The minimum Gasteiger partial charge on any atom is -0.320 e. The zero-order valence-electron chi connectivity index (χ0n) is 17.2. The second kappa shape index (κ2) is 10.3. The van der Waals surface area contributed by atoms with Crippen LogP contribution in [0.3, 0.4) is 0 Å². The highest BCUT2D eigenvalue weighted by Gasteiger charge is 2.40. The molecule has 0 bridgehead atoms. The summed E-state index contributed by atoms with van der Waals surface area (Å²) in [6.45, 7) is 0. The molecular formula is C25H17BrClN3O2S. The van der Waals surface area contributed by atoms with Crippen LogP contribution in [0.4, 0.5) is 11.4 Å². The first kappa shape index (κ1) is 23.1. The molecule has 5 nitrogen and oxygen atoms in total. The van der Waals surface area contributed by atoms with E-state index in [4.69, 9.17) is 11.6 Å². The quantitative estimate of drug-likeness (QED) is 0.312. The normalized spacial score (nSPS) is 16.9. The molecule has 0 radical (unpaired) electrons. The van der Waals surface area contributed by atoms with Gasteiger partial charge in [-0.15, -0.1) is 0 Å². The smallest absolute Gasteiger partial charge is 0.269 e. The van der Waals surface area contributed by atoms with E-state index in [0.717, 1.165) is 10.0 Å². The van der Waals surface area contributed by atoms with Gasteiger partial charge in [0.2, 0.25) is 5.91 Å². The fourth-order valence-electron chi connectivity index (χ4n) is 3.38. The van der Waals surface area contributed by atoms with Gasteiger partial charge in [-0.05, 0) is 48.4 Å². The van der Waals surface area contributed by atoms with Crippen molar-refractivity contribution in [3.8, 4) is 6.07 Å². The predicted octanol–water partition coefficient (Wildman–Crippen LogP) is 6.17. The highest BCUT2D eigenvalue weighted by atomic mass is 79.9. The Morgan fingerprint density at radius 1 is 1.06 bits per heavy atom. The van der Waals surface area contributed by atoms with Gasteiger partial charge in [0.05, 0.1) is 16.0 Å². The Labute approximate surface area is 209 Å². The van der Waals surface area contributed by atoms with E-state index < -0.39 is 11.2 Å². The first-order valence-electron chi connectivity index (χ1n) is 9.98. The zero-order valence-corrected chi connectivity index (χ0v) is 20.3. The van der Waals surface area contributed by atoms with Gasteiger partial charge in [-0.2, -0.15) is 5.26 Å². The number of benzene rings is 3. The largest absolute Gasteiger partial charge is 0.320 e. The lowest BCUT2D eigenvalue weighted by molar-refractivity contribution is -0.117. The molecule has 1 fully saturated rings. The first-order valence-corrected chi connectivity index (χ1v) is 12.0. The molecule has 1 heterocycles. The summed E-state index contributed by atoms with van der Waals surface area (Å²) in [4.78, 5) is 28.0. The number of carbonyl (C=O) groups is 2. The number of rotatable bonds is 5. The Kier molecular flexibility index (Phi) is 7.19. The molecule has 0 aliphatic carbocycles. The molecule has 4 rings (SSSR count). The van der Waals surface area contributed by atoms with E-state index in [1.54, 1.807) is 36.4 Å². The molecule has 3 aromatic rings. The van der Waals surface area contributed by atoms with Crippen molar-refractivity contribution in [1.29, 1.82) is 5.26 Å². The van der Waals surface area contributed by atoms with Crippen LogP contribution in [0.15, 0.2) is 93.9 Å². The number of carbonyl (C=O) groups excluding carboxylic acids is 2. The molecule has 1 aliphatic heterocycles. The molecule has 3 aromatic carbocycles. The van der Waals surface area contributed by atoms with Crippen molar-refractivity contribution < 1.29 is 9.59 Å². The Bertz CT molecular complexity index is 1270. The lowest BCUT2D eigenvalue weighted by Crippen LogP contribution is -2.30. The van der Waals surface area contributed by atoms with Crippen molar-refractivity contribution in [3.63, 3.8) is 0 Å². The Hall–Kier alpha value is -3.05. The van der Waals surface area contributed by atoms with Gasteiger partial charge in [-0.1, -0.05) is 81.8 Å². The maximum Gasteiger partial charge on any atom is 0.269 e. The monoisotopic (exact) mass is 537 g/mol. The summed E-state index contributed by atoms with van der Waals surface area (Å²) in [6, 6.07) is 25.5. The van der Waals surface area contributed by atoms with Crippen molar-refractivity contribution in [2.24, 2.45) is 0 Å². The third-order valence-corrected chi connectivity index (χ3v) is 7.10. The predicted molar refractivity (Wildman–Crippen MR) is 136 cm³/mol. The molecule has 1 N–H and O–H groups in total. The van der Waals surface area contributed by atoms with Gasteiger partial charge in [-0.3, -0.25) is 14.5 Å². The van der Waals surface area contributed by atoms with E-state index in [9.17, 15) is 14.9 Å². The number of nitrogens with zero attached hydrogens (tertiary/aromatic N) is 2. The number of amides is 2. The third kappa shape index (κ3) is 5.14. The molecule has 0 spiro atoms. The fraction of sp³-hybridized carbons (Fsp3) is 0.0800. The number of anilines is 2.